The third kappa shape index (κ3) is 2.72. The second-order valence-electron chi connectivity index (χ2n) is 3.81. The minimum Gasteiger partial charge on any atom is -0.325 e. The summed E-state index contributed by atoms with van der Waals surface area (Å²) >= 11 is 3.35. The van der Waals surface area contributed by atoms with E-state index in [0.29, 0.717) is 5.82 Å². The number of urea groups is 1. The van der Waals surface area contributed by atoms with Crippen LogP contribution in [-0.4, -0.2) is 29.0 Å². The van der Waals surface area contributed by atoms with Crippen LogP contribution < -0.4 is 5.32 Å². The molecule has 1 aromatic heterocycles. The van der Waals surface area contributed by atoms with E-state index in [2.05, 4.69) is 26.2 Å². The molecule has 1 N–H and O–H groups in total. The molecular formula is C11H14BrN3O. The van der Waals surface area contributed by atoms with Gasteiger partial charge in [0.2, 0.25) is 0 Å². The molecule has 0 spiro atoms. The van der Waals surface area contributed by atoms with Crippen LogP contribution in [0.5, 0.6) is 0 Å². The Balaban J connectivity index is 1.99. The number of piperidine rings is 1. The number of nitrogens with one attached hydrogen (secondary N) is 1. The Hall–Kier alpha value is -1.10. The topological polar surface area (TPSA) is 45.2 Å². The standard InChI is InChI=1S/C11H14BrN3O/c12-9-5-4-6-13-10(9)14-11(16)15-7-2-1-3-8-15/h4-6H,1-3,7-8H2,(H,13,14,16). The molecule has 16 heavy (non-hydrogen) atoms. The van der Waals surface area contributed by atoms with E-state index in [1.54, 1.807) is 6.20 Å². The highest BCUT2D eigenvalue weighted by molar-refractivity contribution is 9.10. The highest BCUT2D eigenvalue weighted by Crippen LogP contribution is 2.19. The van der Waals surface area contributed by atoms with E-state index in [1.165, 1.54) is 6.42 Å². The molecule has 0 radical (unpaired) electrons. The van der Waals surface area contributed by atoms with Crippen molar-refractivity contribution in [2.24, 2.45) is 0 Å². The van der Waals surface area contributed by atoms with Crippen LogP contribution in [0.3, 0.4) is 0 Å². The minimum atomic E-state index is -0.0564. The lowest BCUT2D eigenvalue weighted by Gasteiger charge is -2.26. The molecule has 2 heterocycles. The Morgan fingerprint density at radius 1 is 1.38 bits per heavy atom. The summed E-state index contributed by atoms with van der Waals surface area (Å²) in [6, 6.07) is 3.62. The van der Waals surface area contributed by atoms with Crippen LogP contribution in [-0.2, 0) is 0 Å². The number of rotatable bonds is 1. The molecule has 0 aromatic carbocycles. The first-order valence-electron chi connectivity index (χ1n) is 5.44. The number of anilines is 1. The Morgan fingerprint density at radius 3 is 2.81 bits per heavy atom. The van der Waals surface area contributed by atoms with Crippen LogP contribution in [0.2, 0.25) is 0 Å². The summed E-state index contributed by atoms with van der Waals surface area (Å²) in [6.45, 7) is 1.69. The Morgan fingerprint density at radius 2 is 2.12 bits per heavy atom. The van der Waals surface area contributed by atoms with Crippen LogP contribution in [0.1, 0.15) is 19.3 Å². The van der Waals surface area contributed by atoms with E-state index < -0.39 is 0 Å². The summed E-state index contributed by atoms with van der Waals surface area (Å²) in [5.41, 5.74) is 0. The van der Waals surface area contributed by atoms with E-state index >= 15 is 0 Å². The third-order valence-electron chi connectivity index (χ3n) is 2.63. The molecule has 1 aliphatic rings. The largest absolute Gasteiger partial charge is 0.325 e. The monoisotopic (exact) mass is 283 g/mol. The highest BCUT2D eigenvalue weighted by atomic mass is 79.9. The van der Waals surface area contributed by atoms with Crippen molar-refractivity contribution in [3.05, 3.63) is 22.8 Å². The summed E-state index contributed by atoms with van der Waals surface area (Å²) < 4.78 is 0.806. The predicted molar refractivity (Wildman–Crippen MR) is 66.4 cm³/mol. The molecule has 0 saturated carbocycles. The minimum absolute atomic E-state index is 0.0564. The number of nitrogens with zero attached hydrogens (tertiary/aromatic N) is 2. The van der Waals surface area contributed by atoms with Gasteiger partial charge in [0.1, 0.15) is 5.82 Å². The predicted octanol–water partition coefficient (Wildman–Crippen LogP) is 2.86. The summed E-state index contributed by atoms with van der Waals surface area (Å²) in [5, 5.41) is 2.81. The van der Waals surface area contributed by atoms with E-state index in [0.717, 1.165) is 30.4 Å². The Bertz CT molecular complexity index is 377. The van der Waals surface area contributed by atoms with E-state index in [4.69, 9.17) is 0 Å². The number of carbonyl (C=O) groups excluding carboxylic acids is 1. The number of pyridine rings is 1. The van der Waals surface area contributed by atoms with Gasteiger partial charge in [-0.15, -0.1) is 0 Å². The van der Waals surface area contributed by atoms with Crippen molar-refractivity contribution < 1.29 is 4.79 Å². The number of likely N-dealkylation sites (tertiary alicyclic amines) is 1. The Kier molecular flexibility index (Phi) is 3.77. The molecule has 1 fully saturated rings. The zero-order chi connectivity index (χ0) is 11.4. The quantitative estimate of drug-likeness (QED) is 0.861. The van der Waals surface area contributed by atoms with Crippen LogP contribution in [0.4, 0.5) is 10.6 Å². The van der Waals surface area contributed by atoms with Gasteiger partial charge >= 0.3 is 6.03 Å². The average molecular weight is 284 g/mol. The van der Waals surface area contributed by atoms with Crippen molar-refractivity contribution in [3.8, 4) is 0 Å². The zero-order valence-electron chi connectivity index (χ0n) is 8.95. The number of aromatic nitrogens is 1. The summed E-state index contributed by atoms with van der Waals surface area (Å²) in [6.07, 6.45) is 5.07. The first-order valence-corrected chi connectivity index (χ1v) is 6.23. The number of amides is 2. The average Bonchev–Trinajstić information content (AvgIpc) is 2.33. The first kappa shape index (κ1) is 11.4. The number of halogens is 1. The Labute approximate surface area is 103 Å². The number of carbonyl (C=O) groups is 1. The molecule has 0 atom stereocenters. The van der Waals surface area contributed by atoms with Crippen LogP contribution in [0.25, 0.3) is 0 Å². The lowest BCUT2D eigenvalue weighted by molar-refractivity contribution is 0.200. The molecule has 0 unspecified atom stereocenters. The van der Waals surface area contributed by atoms with Gasteiger partial charge in [-0.1, -0.05) is 0 Å². The molecule has 1 aromatic rings. The molecule has 4 nitrogen and oxygen atoms in total. The second-order valence-corrected chi connectivity index (χ2v) is 4.67. The van der Waals surface area contributed by atoms with E-state index in [9.17, 15) is 4.79 Å². The molecule has 2 rings (SSSR count). The maximum absolute atomic E-state index is 11.9. The summed E-state index contributed by atoms with van der Waals surface area (Å²) in [4.78, 5) is 17.8. The second kappa shape index (κ2) is 5.30. The molecule has 0 aliphatic carbocycles. The SMILES string of the molecule is O=C(Nc1ncccc1Br)N1CCCCC1. The fourth-order valence-corrected chi connectivity index (χ4v) is 2.11. The van der Waals surface area contributed by atoms with Gasteiger partial charge in [0.15, 0.2) is 0 Å². The van der Waals surface area contributed by atoms with Gasteiger partial charge in [0, 0.05) is 19.3 Å². The van der Waals surface area contributed by atoms with Crippen molar-refractivity contribution >= 4 is 27.8 Å². The van der Waals surface area contributed by atoms with Crippen molar-refractivity contribution in [1.82, 2.24) is 9.88 Å². The summed E-state index contributed by atoms with van der Waals surface area (Å²) in [5.74, 6) is 0.582. The van der Waals surface area contributed by atoms with Gasteiger partial charge in [-0.05, 0) is 47.3 Å². The van der Waals surface area contributed by atoms with Crippen LogP contribution >= 0.6 is 15.9 Å². The fourth-order valence-electron chi connectivity index (χ4n) is 1.76. The van der Waals surface area contributed by atoms with Gasteiger partial charge < -0.3 is 4.90 Å². The number of hydrogen-bond acceptors (Lipinski definition) is 2. The number of hydrogen-bond donors (Lipinski definition) is 1. The molecular weight excluding hydrogens is 270 g/mol. The molecule has 0 bridgehead atoms. The van der Waals surface area contributed by atoms with E-state index in [1.807, 2.05) is 17.0 Å². The fraction of sp³-hybridized carbons (Fsp3) is 0.455. The van der Waals surface area contributed by atoms with Crippen molar-refractivity contribution in [1.29, 1.82) is 0 Å². The van der Waals surface area contributed by atoms with E-state index in [-0.39, 0.29) is 6.03 Å². The van der Waals surface area contributed by atoms with Gasteiger partial charge in [-0.3, -0.25) is 5.32 Å². The molecule has 5 heteroatoms. The smallest absolute Gasteiger partial charge is 0.323 e. The van der Waals surface area contributed by atoms with Crippen LogP contribution in [0.15, 0.2) is 22.8 Å². The van der Waals surface area contributed by atoms with Gasteiger partial charge in [0.05, 0.1) is 4.47 Å². The lowest BCUT2D eigenvalue weighted by atomic mass is 10.1. The van der Waals surface area contributed by atoms with Gasteiger partial charge in [-0.2, -0.15) is 0 Å². The summed E-state index contributed by atoms with van der Waals surface area (Å²) in [7, 11) is 0. The normalized spacial score (nSPS) is 15.9. The van der Waals surface area contributed by atoms with Crippen molar-refractivity contribution in [2.45, 2.75) is 19.3 Å². The van der Waals surface area contributed by atoms with Gasteiger partial charge in [-0.25, -0.2) is 9.78 Å². The van der Waals surface area contributed by atoms with Gasteiger partial charge in [0.25, 0.3) is 0 Å². The zero-order valence-corrected chi connectivity index (χ0v) is 10.5. The highest BCUT2D eigenvalue weighted by Gasteiger charge is 2.17. The van der Waals surface area contributed by atoms with Crippen LogP contribution in [0, 0.1) is 0 Å². The molecule has 1 saturated heterocycles. The third-order valence-corrected chi connectivity index (χ3v) is 3.27. The molecule has 2 amide bonds. The first-order chi connectivity index (χ1) is 7.77. The lowest BCUT2D eigenvalue weighted by Crippen LogP contribution is -2.38. The maximum Gasteiger partial charge on any atom is 0.323 e. The maximum atomic E-state index is 11.9. The molecule has 1 aliphatic heterocycles. The van der Waals surface area contributed by atoms with Crippen molar-refractivity contribution in [3.63, 3.8) is 0 Å². The van der Waals surface area contributed by atoms with Crippen molar-refractivity contribution in [2.75, 3.05) is 18.4 Å². The molecule has 86 valence electrons.